The maximum atomic E-state index is 16.9. The summed E-state index contributed by atoms with van der Waals surface area (Å²) < 4.78 is 64.0. The van der Waals surface area contributed by atoms with E-state index in [9.17, 15) is 0 Å². The SMILES string of the molecule is CC=C1C(F)=C(c2cc(C)cc3c2OC(Cc2ccccc2)C(C)C2CC(CCCC(C)CC3)C(C)Cc3cc(C)cc(-c4ccc(C)c(F)c4F)c3OC2Cc2ccccc2)C=CC1C. The van der Waals surface area contributed by atoms with Crippen LogP contribution in [0.2, 0.25) is 0 Å². The van der Waals surface area contributed by atoms with E-state index in [0.29, 0.717) is 47.1 Å². The molecule has 346 valence electrons. The van der Waals surface area contributed by atoms with Gasteiger partial charge in [0.25, 0.3) is 0 Å². The molecule has 0 aromatic heterocycles. The molecule has 0 fully saturated rings. The molecule has 0 amide bonds. The minimum absolute atomic E-state index is 0.0233. The minimum atomic E-state index is -0.849. The summed E-state index contributed by atoms with van der Waals surface area (Å²) in [6.07, 6.45) is 13.4. The molecule has 8 rings (SSSR count). The van der Waals surface area contributed by atoms with Crippen LogP contribution in [0, 0.1) is 67.9 Å². The highest BCUT2D eigenvalue weighted by atomic mass is 19.2. The molecule has 8 unspecified atom stereocenters. The molecule has 5 aromatic carbocycles. The molecular weight excluding hydrogens is 822 g/mol. The summed E-state index contributed by atoms with van der Waals surface area (Å²) in [6, 6.07) is 33.1. The zero-order valence-electron chi connectivity index (χ0n) is 40.4. The molecule has 2 heterocycles. The van der Waals surface area contributed by atoms with Crippen molar-refractivity contribution in [1.29, 1.82) is 0 Å². The Hall–Kier alpha value is -5.29. The lowest BCUT2D eigenvalue weighted by atomic mass is 9.71. The fraction of sp³-hybridized carbons (Fsp3) is 0.410. The summed E-state index contributed by atoms with van der Waals surface area (Å²) in [4.78, 5) is 0. The van der Waals surface area contributed by atoms with Gasteiger partial charge in [-0.25, -0.2) is 13.2 Å². The van der Waals surface area contributed by atoms with Crippen molar-refractivity contribution in [3.8, 4) is 22.6 Å². The molecule has 66 heavy (non-hydrogen) atoms. The van der Waals surface area contributed by atoms with Crippen molar-refractivity contribution in [2.45, 2.75) is 125 Å². The zero-order valence-corrected chi connectivity index (χ0v) is 40.4. The lowest BCUT2D eigenvalue weighted by Crippen LogP contribution is -2.42. The molecule has 1 aliphatic carbocycles. The fourth-order valence-electron chi connectivity index (χ4n) is 11.3. The van der Waals surface area contributed by atoms with Crippen LogP contribution in [0.5, 0.6) is 11.5 Å². The number of fused-ring (bicyclic) bond motifs is 4. The van der Waals surface area contributed by atoms with Crippen LogP contribution < -0.4 is 9.47 Å². The first kappa shape index (κ1) is 47.2. The van der Waals surface area contributed by atoms with Crippen LogP contribution >= 0.6 is 0 Å². The number of benzene rings is 5. The molecule has 2 bridgehead atoms. The number of hydrogen-bond acceptors (Lipinski definition) is 2. The Morgan fingerprint density at radius 2 is 1.27 bits per heavy atom. The van der Waals surface area contributed by atoms with Crippen molar-refractivity contribution in [3.05, 3.63) is 183 Å². The summed E-state index contributed by atoms with van der Waals surface area (Å²) in [6.45, 7) is 16.8. The van der Waals surface area contributed by atoms with Gasteiger partial charge in [0.15, 0.2) is 11.6 Å². The number of allylic oxidation sites excluding steroid dienone is 6. The average Bonchev–Trinajstić information content (AvgIpc) is 3.34. The molecule has 0 N–H and O–H groups in total. The van der Waals surface area contributed by atoms with Gasteiger partial charge in [-0.15, -0.1) is 0 Å². The summed E-state index contributed by atoms with van der Waals surface area (Å²) in [5, 5.41) is 0. The van der Waals surface area contributed by atoms with E-state index in [-0.39, 0.29) is 52.8 Å². The molecule has 5 heteroatoms. The maximum absolute atomic E-state index is 16.9. The van der Waals surface area contributed by atoms with E-state index in [2.05, 4.69) is 107 Å². The number of hydrogen-bond donors (Lipinski definition) is 0. The Labute approximate surface area is 393 Å². The highest BCUT2D eigenvalue weighted by molar-refractivity contribution is 5.84. The van der Waals surface area contributed by atoms with E-state index in [4.69, 9.17) is 9.47 Å². The van der Waals surface area contributed by atoms with E-state index >= 15 is 13.2 Å². The first-order chi connectivity index (χ1) is 31.8. The molecule has 0 spiro atoms. The van der Waals surface area contributed by atoms with Crippen LogP contribution in [0.4, 0.5) is 13.2 Å². The second-order valence-corrected chi connectivity index (χ2v) is 20.2. The minimum Gasteiger partial charge on any atom is -0.489 e. The van der Waals surface area contributed by atoms with Gasteiger partial charge in [-0.3, -0.25) is 0 Å². The third kappa shape index (κ3) is 10.3. The molecule has 3 aliphatic rings. The molecule has 0 radical (unpaired) electrons. The monoisotopic (exact) mass is 891 g/mol. The van der Waals surface area contributed by atoms with Gasteiger partial charge in [-0.1, -0.05) is 150 Å². The largest absolute Gasteiger partial charge is 0.489 e. The smallest absolute Gasteiger partial charge is 0.167 e. The maximum Gasteiger partial charge on any atom is 0.167 e. The van der Waals surface area contributed by atoms with Crippen molar-refractivity contribution in [2.24, 2.45) is 35.5 Å². The Morgan fingerprint density at radius 1 is 0.652 bits per heavy atom. The fourth-order valence-corrected chi connectivity index (χ4v) is 11.3. The first-order valence-corrected chi connectivity index (χ1v) is 24.7. The predicted octanol–water partition coefficient (Wildman–Crippen LogP) is 16.3. The summed E-state index contributed by atoms with van der Waals surface area (Å²) in [5.74, 6) is 0.570. The van der Waals surface area contributed by atoms with Crippen LogP contribution in [0.3, 0.4) is 0 Å². The summed E-state index contributed by atoms with van der Waals surface area (Å²) in [7, 11) is 0. The Bertz CT molecular complexity index is 2590. The molecule has 2 aliphatic heterocycles. The standard InChI is InChI=1S/C61H69F3O2/c1-9-49-40(5)24-27-50(58(49)63)53-31-38(3)29-47-26-23-37(2)17-16-22-46-36-52(43(8)55(65-60(47)53)34-44-18-12-10-13-19-44)56(35-45-20-14-11-15-21-45)66-61-48(33-42(46)7)30-39(4)32-54(61)51-28-25-41(6)57(62)59(51)64/h9-15,18-21,24-25,27-32,37,40,42-43,46,52,55-56H,16-17,22-23,26,33-36H2,1-8H3. The van der Waals surface area contributed by atoms with E-state index in [1.807, 2.05) is 45.1 Å². The van der Waals surface area contributed by atoms with Crippen LogP contribution in [-0.4, -0.2) is 12.2 Å². The third-order valence-corrected chi connectivity index (χ3v) is 15.3. The predicted molar refractivity (Wildman–Crippen MR) is 267 cm³/mol. The Balaban J connectivity index is 1.35. The number of rotatable bonds is 6. The van der Waals surface area contributed by atoms with Crippen molar-refractivity contribution in [1.82, 2.24) is 0 Å². The lowest BCUT2D eigenvalue weighted by Gasteiger charge is -2.40. The Kier molecular flexibility index (Phi) is 14.8. The molecule has 0 saturated heterocycles. The van der Waals surface area contributed by atoms with Gasteiger partial charge in [0.05, 0.1) is 0 Å². The molecule has 2 nitrogen and oxygen atoms in total. The van der Waals surface area contributed by atoms with E-state index in [1.54, 1.807) is 19.1 Å². The van der Waals surface area contributed by atoms with Crippen LogP contribution in [-0.2, 0) is 25.7 Å². The van der Waals surface area contributed by atoms with Crippen LogP contribution in [0.15, 0.2) is 127 Å². The summed E-state index contributed by atoms with van der Waals surface area (Å²) >= 11 is 0. The topological polar surface area (TPSA) is 18.5 Å². The van der Waals surface area contributed by atoms with E-state index < -0.39 is 11.6 Å². The molecule has 8 atom stereocenters. The normalized spacial score (nSPS) is 25.7. The van der Waals surface area contributed by atoms with Gasteiger partial charge in [0.2, 0.25) is 0 Å². The quantitative estimate of drug-likeness (QED) is 0.169. The molecule has 0 saturated carbocycles. The lowest BCUT2D eigenvalue weighted by molar-refractivity contribution is 0.0221. The van der Waals surface area contributed by atoms with Crippen molar-refractivity contribution in [2.75, 3.05) is 0 Å². The zero-order chi connectivity index (χ0) is 46.6. The van der Waals surface area contributed by atoms with Gasteiger partial charge in [0, 0.05) is 46.9 Å². The number of aryl methyl sites for hydroxylation is 4. The van der Waals surface area contributed by atoms with Crippen molar-refractivity contribution in [3.63, 3.8) is 0 Å². The van der Waals surface area contributed by atoms with Crippen molar-refractivity contribution < 1.29 is 22.6 Å². The van der Waals surface area contributed by atoms with Gasteiger partial charge >= 0.3 is 0 Å². The van der Waals surface area contributed by atoms with E-state index in [1.165, 1.54) is 5.56 Å². The molecular formula is C61H69F3O2. The van der Waals surface area contributed by atoms with Gasteiger partial charge in [-0.05, 0) is 134 Å². The molecule has 5 aromatic rings. The second kappa shape index (κ2) is 20.7. The second-order valence-electron chi connectivity index (χ2n) is 20.2. The third-order valence-electron chi connectivity index (χ3n) is 15.3. The summed E-state index contributed by atoms with van der Waals surface area (Å²) in [5.41, 5.74) is 9.70. The highest BCUT2D eigenvalue weighted by Crippen LogP contribution is 2.47. The Morgan fingerprint density at radius 3 is 1.95 bits per heavy atom. The number of halogens is 3. The number of ether oxygens (including phenoxy) is 2. The average molecular weight is 891 g/mol. The highest BCUT2D eigenvalue weighted by Gasteiger charge is 2.40. The van der Waals surface area contributed by atoms with Crippen molar-refractivity contribution >= 4 is 5.57 Å². The van der Waals surface area contributed by atoms with Gasteiger partial charge < -0.3 is 9.47 Å². The van der Waals surface area contributed by atoms with E-state index in [0.717, 1.165) is 84.1 Å². The first-order valence-electron chi connectivity index (χ1n) is 24.7. The van der Waals surface area contributed by atoms with Gasteiger partial charge in [-0.2, -0.15) is 0 Å². The van der Waals surface area contributed by atoms with Crippen LogP contribution in [0.1, 0.15) is 111 Å². The van der Waals surface area contributed by atoms with Gasteiger partial charge in [0.1, 0.15) is 29.5 Å². The van der Waals surface area contributed by atoms with Crippen LogP contribution in [0.25, 0.3) is 16.7 Å².